The maximum absolute atomic E-state index is 12.4. The quantitative estimate of drug-likeness (QED) is 0.666. The van der Waals surface area contributed by atoms with Crippen LogP contribution in [-0.4, -0.2) is 18.3 Å². The number of hydrogen-bond acceptors (Lipinski definition) is 1. The van der Waals surface area contributed by atoms with Crippen molar-refractivity contribution in [3.8, 4) is 0 Å². The molecule has 0 aromatic rings. The lowest BCUT2D eigenvalue weighted by Crippen LogP contribution is -2.46. The van der Waals surface area contributed by atoms with Gasteiger partial charge < -0.3 is 5.32 Å². The second-order valence-corrected chi connectivity index (χ2v) is 4.14. The van der Waals surface area contributed by atoms with Crippen LogP contribution < -0.4 is 5.32 Å². The molecule has 1 aliphatic carbocycles. The fourth-order valence-electron chi connectivity index (χ4n) is 1.66. The van der Waals surface area contributed by atoms with E-state index in [0.717, 1.165) is 0 Å². The molecule has 0 unspecified atom stereocenters. The number of rotatable bonds is 3. The van der Waals surface area contributed by atoms with Gasteiger partial charge in [-0.3, -0.25) is 0 Å². The Labute approximate surface area is 68.4 Å². The number of nitrogens with one attached hydrogen (secondary N) is 1. The Balaban J connectivity index is 2.28. The van der Waals surface area contributed by atoms with Gasteiger partial charge in [0, 0.05) is 11.6 Å². The maximum atomic E-state index is 12.4. The van der Waals surface area contributed by atoms with Crippen molar-refractivity contribution in [2.75, 3.05) is 6.67 Å². The standard InChI is InChI=1S/C9H18FN/c1-9(2,7-10)11-8-5-3-4-6-8/h8,11H,3-7H2,1-2H3. The first kappa shape index (κ1) is 8.98. The molecule has 1 fully saturated rings. The Morgan fingerprint density at radius 1 is 1.36 bits per heavy atom. The summed E-state index contributed by atoms with van der Waals surface area (Å²) in [5, 5.41) is 3.33. The summed E-state index contributed by atoms with van der Waals surface area (Å²) < 4.78 is 12.4. The van der Waals surface area contributed by atoms with E-state index in [1.54, 1.807) is 0 Å². The molecule has 1 aliphatic rings. The Bertz CT molecular complexity index is 117. The highest BCUT2D eigenvalue weighted by atomic mass is 19.1. The molecular formula is C9H18FN. The molecule has 66 valence electrons. The highest BCUT2D eigenvalue weighted by Crippen LogP contribution is 2.20. The van der Waals surface area contributed by atoms with Crippen LogP contribution >= 0.6 is 0 Å². The van der Waals surface area contributed by atoms with E-state index in [1.165, 1.54) is 25.7 Å². The average molecular weight is 159 g/mol. The molecule has 1 nitrogen and oxygen atoms in total. The van der Waals surface area contributed by atoms with E-state index < -0.39 is 0 Å². The van der Waals surface area contributed by atoms with Crippen molar-refractivity contribution in [1.82, 2.24) is 5.32 Å². The van der Waals surface area contributed by atoms with Crippen LogP contribution in [0.3, 0.4) is 0 Å². The van der Waals surface area contributed by atoms with Crippen LogP contribution in [0, 0.1) is 0 Å². The van der Waals surface area contributed by atoms with Gasteiger partial charge in [0.15, 0.2) is 0 Å². The lowest BCUT2D eigenvalue weighted by Gasteiger charge is -2.26. The normalized spacial score (nSPS) is 21.0. The molecule has 0 atom stereocenters. The molecule has 0 aromatic heterocycles. The minimum Gasteiger partial charge on any atom is -0.307 e. The van der Waals surface area contributed by atoms with Crippen LogP contribution in [0.4, 0.5) is 4.39 Å². The smallest absolute Gasteiger partial charge is 0.107 e. The third-order valence-electron chi connectivity index (χ3n) is 2.28. The molecule has 0 aliphatic heterocycles. The van der Waals surface area contributed by atoms with Crippen LogP contribution in [-0.2, 0) is 0 Å². The van der Waals surface area contributed by atoms with Crippen LogP contribution in [0.5, 0.6) is 0 Å². The van der Waals surface area contributed by atoms with Gasteiger partial charge in [-0.25, -0.2) is 4.39 Å². The van der Waals surface area contributed by atoms with Gasteiger partial charge >= 0.3 is 0 Å². The summed E-state index contributed by atoms with van der Waals surface area (Å²) in [6.45, 7) is 3.57. The maximum Gasteiger partial charge on any atom is 0.107 e. The summed E-state index contributed by atoms with van der Waals surface area (Å²) in [5.74, 6) is 0. The highest BCUT2D eigenvalue weighted by molar-refractivity contribution is 4.84. The van der Waals surface area contributed by atoms with Crippen molar-refractivity contribution in [1.29, 1.82) is 0 Å². The zero-order valence-corrected chi connectivity index (χ0v) is 7.49. The van der Waals surface area contributed by atoms with Crippen LogP contribution in [0.2, 0.25) is 0 Å². The van der Waals surface area contributed by atoms with Crippen LogP contribution in [0.1, 0.15) is 39.5 Å². The minimum absolute atomic E-state index is 0.274. The van der Waals surface area contributed by atoms with Gasteiger partial charge in [-0.1, -0.05) is 12.8 Å². The third kappa shape index (κ3) is 2.78. The summed E-state index contributed by atoms with van der Waals surface area (Å²) >= 11 is 0. The molecule has 1 saturated carbocycles. The van der Waals surface area contributed by atoms with E-state index in [4.69, 9.17) is 0 Å². The van der Waals surface area contributed by atoms with Crippen LogP contribution in [0.25, 0.3) is 0 Å². The molecule has 0 aromatic carbocycles. The molecule has 0 bridgehead atoms. The van der Waals surface area contributed by atoms with Gasteiger partial charge in [-0.2, -0.15) is 0 Å². The van der Waals surface area contributed by atoms with E-state index in [1.807, 2.05) is 13.8 Å². The fourth-order valence-corrected chi connectivity index (χ4v) is 1.66. The molecular weight excluding hydrogens is 141 g/mol. The van der Waals surface area contributed by atoms with Crippen LogP contribution in [0.15, 0.2) is 0 Å². The SMILES string of the molecule is CC(C)(CF)NC1CCCC1. The van der Waals surface area contributed by atoms with Crippen molar-refractivity contribution in [2.24, 2.45) is 0 Å². The summed E-state index contributed by atoms with van der Waals surface area (Å²) in [5.41, 5.74) is -0.311. The van der Waals surface area contributed by atoms with Gasteiger partial charge in [-0.15, -0.1) is 0 Å². The summed E-state index contributed by atoms with van der Waals surface area (Å²) in [4.78, 5) is 0. The minimum atomic E-state index is -0.311. The molecule has 0 amide bonds. The first-order valence-corrected chi connectivity index (χ1v) is 4.48. The summed E-state index contributed by atoms with van der Waals surface area (Å²) in [7, 11) is 0. The highest BCUT2D eigenvalue weighted by Gasteiger charge is 2.23. The van der Waals surface area contributed by atoms with E-state index >= 15 is 0 Å². The zero-order chi connectivity index (χ0) is 8.32. The van der Waals surface area contributed by atoms with Gasteiger partial charge in [0.25, 0.3) is 0 Å². The molecule has 0 radical (unpaired) electrons. The second-order valence-electron chi connectivity index (χ2n) is 4.14. The Morgan fingerprint density at radius 2 is 1.91 bits per heavy atom. The fraction of sp³-hybridized carbons (Fsp3) is 1.00. The van der Waals surface area contributed by atoms with Crippen molar-refractivity contribution in [2.45, 2.75) is 51.1 Å². The molecule has 1 N–H and O–H groups in total. The average Bonchev–Trinajstić information content (AvgIpc) is 2.39. The molecule has 0 heterocycles. The third-order valence-corrected chi connectivity index (χ3v) is 2.28. The van der Waals surface area contributed by atoms with Gasteiger partial charge in [0.05, 0.1) is 0 Å². The van der Waals surface area contributed by atoms with Gasteiger partial charge in [0.2, 0.25) is 0 Å². The lowest BCUT2D eigenvalue weighted by atomic mass is 10.1. The monoisotopic (exact) mass is 159 g/mol. The van der Waals surface area contributed by atoms with Crippen molar-refractivity contribution < 1.29 is 4.39 Å². The molecule has 11 heavy (non-hydrogen) atoms. The topological polar surface area (TPSA) is 12.0 Å². The van der Waals surface area contributed by atoms with Crippen molar-refractivity contribution >= 4 is 0 Å². The number of halogens is 1. The Morgan fingerprint density at radius 3 is 2.36 bits per heavy atom. The number of hydrogen-bond donors (Lipinski definition) is 1. The molecule has 1 rings (SSSR count). The summed E-state index contributed by atoms with van der Waals surface area (Å²) in [6.07, 6.45) is 5.06. The predicted octanol–water partition coefficient (Wildman–Crippen LogP) is 2.27. The van der Waals surface area contributed by atoms with Crippen molar-refractivity contribution in [3.63, 3.8) is 0 Å². The van der Waals surface area contributed by atoms with E-state index in [-0.39, 0.29) is 12.2 Å². The largest absolute Gasteiger partial charge is 0.307 e. The zero-order valence-electron chi connectivity index (χ0n) is 7.49. The molecule has 2 heteroatoms. The van der Waals surface area contributed by atoms with Crippen molar-refractivity contribution in [3.05, 3.63) is 0 Å². The summed E-state index contributed by atoms with van der Waals surface area (Å²) in [6, 6.07) is 0.570. The van der Waals surface area contributed by atoms with Gasteiger partial charge in [-0.05, 0) is 26.7 Å². The Kier molecular flexibility index (Phi) is 2.88. The van der Waals surface area contributed by atoms with Gasteiger partial charge in [0.1, 0.15) is 6.67 Å². The predicted molar refractivity (Wildman–Crippen MR) is 45.4 cm³/mol. The lowest BCUT2D eigenvalue weighted by molar-refractivity contribution is 0.260. The Hall–Kier alpha value is -0.110. The number of alkyl halides is 1. The molecule has 0 spiro atoms. The van der Waals surface area contributed by atoms with E-state index in [0.29, 0.717) is 6.04 Å². The first-order valence-electron chi connectivity index (χ1n) is 4.48. The van der Waals surface area contributed by atoms with E-state index in [2.05, 4.69) is 5.32 Å². The first-order chi connectivity index (χ1) is 5.14. The molecule has 0 saturated heterocycles. The second kappa shape index (κ2) is 3.53. The van der Waals surface area contributed by atoms with E-state index in [9.17, 15) is 4.39 Å².